The number of rotatable bonds is 2. The van der Waals surface area contributed by atoms with Crippen molar-refractivity contribution in [1.82, 2.24) is 0 Å². The first kappa shape index (κ1) is 6.10. The Hall–Kier alpha value is -0.0265. The van der Waals surface area contributed by atoms with E-state index in [-0.39, 0.29) is 0 Å². The molecule has 0 fully saturated rings. The van der Waals surface area contributed by atoms with Crippen LogP contribution < -0.4 is 0 Å². The van der Waals surface area contributed by atoms with Crippen molar-refractivity contribution in [3.63, 3.8) is 0 Å². The summed E-state index contributed by atoms with van der Waals surface area (Å²) in [6.07, 6.45) is 7.70. The summed E-state index contributed by atoms with van der Waals surface area (Å²) in [5.41, 5.74) is 0. The Morgan fingerprint density at radius 3 is 3.12 bits per heavy atom. The van der Waals surface area contributed by atoms with Gasteiger partial charge >= 0.3 is 55.9 Å². The summed E-state index contributed by atoms with van der Waals surface area (Å²) in [4.78, 5) is 0. The molecule has 0 aliphatic heterocycles. The molecule has 0 atom stereocenters. The van der Waals surface area contributed by atoms with Crippen molar-refractivity contribution in [2.75, 3.05) is 0 Å². The second kappa shape index (κ2) is 3.09. The summed E-state index contributed by atoms with van der Waals surface area (Å²) in [7, 11) is 0. The molecule has 0 aromatic rings. The monoisotopic (exact) mass is 152 g/mol. The summed E-state index contributed by atoms with van der Waals surface area (Å²) in [5, 5.41) is 1.22. The molecule has 0 bridgehead atoms. The van der Waals surface area contributed by atoms with Gasteiger partial charge in [0.1, 0.15) is 0 Å². The molecule has 1 aliphatic rings. The van der Waals surface area contributed by atoms with Gasteiger partial charge in [0, 0.05) is 0 Å². The Bertz CT molecular complexity index is 122. The van der Waals surface area contributed by atoms with Gasteiger partial charge in [-0.15, -0.1) is 0 Å². The molecule has 1 heteroatoms. The van der Waals surface area contributed by atoms with E-state index in [1.54, 1.807) is 14.4 Å². The molecular formula is C7H10Ni. The molecule has 1 aliphatic carbocycles. The molecule has 0 aromatic carbocycles. The van der Waals surface area contributed by atoms with Crippen LogP contribution in [-0.4, -0.2) is 0 Å². The summed E-state index contributed by atoms with van der Waals surface area (Å²) in [5.74, 6) is 0. The molecule has 0 saturated heterocycles. The maximum atomic E-state index is 2.20. The topological polar surface area (TPSA) is 0 Å². The fourth-order valence-electron chi connectivity index (χ4n) is 0.634. The molecule has 1 rings (SSSR count). The molecule has 48 valence electrons. The second-order valence-electron chi connectivity index (χ2n) is 1.54. The van der Waals surface area contributed by atoms with Crippen molar-refractivity contribution in [2.24, 2.45) is 0 Å². The van der Waals surface area contributed by atoms with Crippen molar-refractivity contribution < 1.29 is 14.4 Å². The van der Waals surface area contributed by atoms with E-state index in [0.29, 0.717) is 0 Å². The third-order valence-corrected chi connectivity index (χ3v) is 2.12. The summed E-state index contributed by atoms with van der Waals surface area (Å²) in [6.45, 7) is 2.19. The second-order valence-corrected chi connectivity index (χ2v) is 3.22. The number of hydrogen-bond donors (Lipinski definition) is 0. The van der Waals surface area contributed by atoms with Crippen LogP contribution in [0.25, 0.3) is 0 Å². The van der Waals surface area contributed by atoms with Gasteiger partial charge in [0.15, 0.2) is 0 Å². The van der Waals surface area contributed by atoms with E-state index in [4.69, 9.17) is 0 Å². The average molecular weight is 153 g/mol. The van der Waals surface area contributed by atoms with Crippen LogP contribution in [0.1, 0.15) is 13.3 Å². The standard InChI is InChI=1S/C5H5.C2H5.Ni/c1-2-4-5-3-1;1-2;/h1-3H,4H2;1H2,2H3;. The fourth-order valence-corrected chi connectivity index (χ4v) is 1.55. The van der Waals surface area contributed by atoms with Crippen molar-refractivity contribution in [3.8, 4) is 0 Å². The van der Waals surface area contributed by atoms with Crippen LogP contribution in [-0.2, 0) is 14.4 Å². The molecule has 0 saturated carbocycles. The minimum absolute atomic E-state index is 1.17. The van der Waals surface area contributed by atoms with Gasteiger partial charge in [0.25, 0.3) is 0 Å². The number of allylic oxidation sites excluding steroid dienone is 4. The molecule has 0 radical (unpaired) electrons. The van der Waals surface area contributed by atoms with E-state index in [9.17, 15) is 0 Å². The molecular weight excluding hydrogens is 143 g/mol. The van der Waals surface area contributed by atoms with Gasteiger partial charge in [-0.1, -0.05) is 0 Å². The van der Waals surface area contributed by atoms with Gasteiger partial charge in [-0.05, 0) is 0 Å². The first-order chi connectivity index (χ1) is 3.93. The average Bonchev–Trinajstić information content (AvgIpc) is 2.19. The van der Waals surface area contributed by atoms with Gasteiger partial charge in [-0.2, -0.15) is 0 Å². The molecule has 0 N–H and O–H groups in total. The molecule has 0 spiro atoms. The van der Waals surface area contributed by atoms with Crippen LogP contribution in [0.5, 0.6) is 0 Å². The van der Waals surface area contributed by atoms with Gasteiger partial charge in [0.2, 0.25) is 0 Å². The van der Waals surface area contributed by atoms with E-state index in [0.717, 1.165) is 0 Å². The van der Waals surface area contributed by atoms with Crippen molar-refractivity contribution in [2.45, 2.75) is 18.7 Å². The zero-order valence-electron chi connectivity index (χ0n) is 4.96. The van der Waals surface area contributed by atoms with Crippen LogP contribution in [0.3, 0.4) is 0 Å². The molecule has 0 heterocycles. The Kier molecular flexibility index (Phi) is 2.36. The summed E-state index contributed by atoms with van der Waals surface area (Å²) >= 11 is 1.77. The third-order valence-electron chi connectivity index (χ3n) is 0.959. The van der Waals surface area contributed by atoms with Crippen LogP contribution in [0, 0.1) is 0 Å². The quantitative estimate of drug-likeness (QED) is 0.534. The van der Waals surface area contributed by atoms with E-state index >= 15 is 0 Å². The van der Waals surface area contributed by atoms with Crippen molar-refractivity contribution in [1.29, 1.82) is 0 Å². The summed E-state index contributed by atoms with van der Waals surface area (Å²) < 4.78 is 1.53. The predicted molar refractivity (Wildman–Crippen MR) is 32.3 cm³/mol. The van der Waals surface area contributed by atoms with Crippen LogP contribution in [0.4, 0.5) is 0 Å². The first-order valence-corrected chi connectivity index (χ1v) is 4.00. The zero-order chi connectivity index (χ0) is 5.82. The SMILES string of the molecule is C[CH2][Ni][C]1=CC=CC1. The molecule has 8 heavy (non-hydrogen) atoms. The van der Waals surface area contributed by atoms with Crippen LogP contribution in [0.15, 0.2) is 22.8 Å². The van der Waals surface area contributed by atoms with E-state index < -0.39 is 0 Å². The van der Waals surface area contributed by atoms with Crippen molar-refractivity contribution in [3.05, 3.63) is 22.8 Å². The normalized spacial score (nSPS) is 17.4. The molecule has 0 aromatic heterocycles. The Morgan fingerprint density at radius 1 is 1.75 bits per heavy atom. The van der Waals surface area contributed by atoms with E-state index in [1.165, 1.54) is 16.4 Å². The minimum atomic E-state index is 1.17. The third kappa shape index (κ3) is 1.49. The first-order valence-electron chi connectivity index (χ1n) is 2.81. The van der Waals surface area contributed by atoms with Crippen LogP contribution >= 0.6 is 0 Å². The summed E-state index contributed by atoms with van der Waals surface area (Å²) in [6, 6.07) is 0. The fraction of sp³-hybridized carbons (Fsp3) is 0.429. The Labute approximate surface area is 56.5 Å². The molecule has 0 amide bonds. The van der Waals surface area contributed by atoms with E-state index in [1.807, 2.05) is 0 Å². The van der Waals surface area contributed by atoms with Gasteiger partial charge in [0.05, 0.1) is 0 Å². The Morgan fingerprint density at radius 2 is 2.62 bits per heavy atom. The maximum absolute atomic E-state index is 2.20. The molecule has 0 nitrogen and oxygen atoms in total. The van der Waals surface area contributed by atoms with Gasteiger partial charge in [-0.3, -0.25) is 0 Å². The zero-order valence-corrected chi connectivity index (χ0v) is 5.95. The molecule has 0 unspecified atom stereocenters. The van der Waals surface area contributed by atoms with Crippen LogP contribution in [0.2, 0.25) is 5.39 Å². The predicted octanol–water partition coefficient (Wildman–Crippen LogP) is 2.35. The Balaban J connectivity index is 2.28. The van der Waals surface area contributed by atoms with Gasteiger partial charge in [-0.25, -0.2) is 0 Å². The number of hydrogen-bond acceptors (Lipinski definition) is 0. The van der Waals surface area contributed by atoms with Crippen molar-refractivity contribution >= 4 is 0 Å². The van der Waals surface area contributed by atoms with Gasteiger partial charge < -0.3 is 0 Å². The van der Waals surface area contributed by atoms with E-state index in [2.05, 4.69) is 25.2 Å².